The summed E-state index contributed by atoms with van der Waals surface area (Å²) in [5.74, 6) is -0.455. The van der Waals surface area contributed by atoms with Gasteiger partial charge in [0, 0.05) is 13.1 Å². The molecule has 0 N–H and O–H groups in total. The lowest BCUT2D eigenvalue weighted by Crippen LogP contribution is -2.22. The van der Waals surface area contributed by atoms with Crippen LogP contribution in [0.3, 0.4) is 0 Å². The minimum atomic E-state index is -0.700. The number of rotatable bonds is 6. The number of carbonyl (C=O) groups excluding carboxylic acids is 2. The van der Waals surface area contributed by atoms with Gasteiger partial charge in [-0.25, -0.2) is 4.79 Å². The lowest BCUT2D eigenvalue weighted by molar-refractivity contribution is -0.385. The highest BCUT2D eigenvalue weighted by atomic mass is 32.2. The van der Waals surface area contributed by atoms with E-state index < -0.39 is 16.6 Å². The SMILES string of the molecule is COC(=O)c1ccc(Oc2ccc(/C=C3\SC(=S)N(C)C3=O)cc2OC)c([N+](=O)[O-])c1. The number of esters is 1. The molecular weight excluding hydrogens is 444 g/mol. The van der Waals surface area contributed by atoms with Crippen molar-refractivity contribution < 1.29 is 28.7 Å². The molecule has 31 heavy (non-hydrogen) atoms. The molecule has 0 unspecified atom stereocenters. The van der Waals surface area contributed by atoms with Crippen molar-refractivity contribution in [3.63, 3.8) is 0 Å². The molecular formula is C20H16N2O7S2. The van der Waals surface area contributed by atoms with Gasteiger partial charge in [0.25, 0.3) is 5.91 Å². The second-order valence-electron chi connectivity index (χ2n) is 6.18. The standard InChI is InChI=1S/C20H16N2O7S2/c1-21-18(23)17(31-20(21)30)9-11-4-6-15(16(8-11)27-2)29-14-7-5-12(19(24)28-3)10-13(14)22(25)26/h4-10H,1-3H3/b17-9-. The van der Waals surface area contributed by atoms with Crippen molar-refractivity contribution in [1.82, 2.24) is 4.90 Å². The number of likely N-dealkylation sites (N-methyl/N-ethyl adjacent to an activating group) is 1. The fourth-order valence-corrected chi connectivity index (χ4v) is 3.84. The molecule has 1 amide bonds. The van der Waals surface area contributed by atoms with E-state index in [-0.39, 0.29) is 23.0 Å². The number of hydrogen-bond donors (Lipinski definition) is 0. The topological polar surface area (TPSA) is 108 Å². The summed E-state index contributed by atoms with van der Waals surface area (Å²) in [6.45, 7) is 0. The largest absolute Gasteiger partial charge is 0.493 e. The Bertz CT molecular complexity index is 1130. The van der Waals surface area contributed by atoms with Crippen molar-refractivity contribution >= 4 is 51.9 Å². The molecule has 2 aromatic carbocycles. The van der Waals surface area contributed by atoms with Gasteiger partial charge in [0.05, 0.1) is 29.6 Å². The van der Waals surface area contributed by atoms with Crippen LogP contribution in [-0.4, -0.2) is 47.3 Å². The summed E-state index contributed by atoms with van der Waals surface area (Å²) in [4.78, 5) is 36.5. The maximum Gasteiger partial charge on any atom is 0.338 e. The van der Waals surface area contributed by atoms with E-state index in [4.69, 9.17) is 21.7 Å². The molecule has 0 atom stereocenters. The number of methoxy groups -OCH3 is 2. The maximum atomic E-state index is 12.2. The van der Waals surface area contributed by atoms with Gasteiger partial charge < -0.3 is 14.2 Å². The van der Waals surface area contributed by atoms with Crippen LogP contribution in [0, 0.1) is 10.1 Å². The number of thiocarbonyl (C=S) groups is 1. The number of amides is 1. The highest BCUT2D eigenvalue weighted by Gasteiger charge is 2.28. The van der Waals surface area contributed by atoms with Crippen LogP contribution in [0.25, 0.3) is 6.08 Å². The molecule has 0 bridgehead atoms. The first-order valence-corrected chi connectivity index (χ1v) is 9.91. The Balaban J connectivity index is 1.93. The first kappa shape index (κ1) is 22.2. The fraction of sp³-hybridized carbons (Fsp3) is 0.150. The maximum absolute atomic E-state index is 12.2. The van der Waals surface area contributed by atoms with E-state index in [1.54, 1.807) is 31.3 Å². The zero-order chi connectivity index (χ0) is 22.7. The van der Waals surface area contributed by atoms with Crippen molar-refractivity contribution in [1.29, 1.82) is 0 Å². The zero-order valence-corrected chi connectivity index (χ0v) is 18.2. The van der Waals surface area contributed by atoms with E-state index in [0.29, 0.717) is 20.5 Å². The van der Waals surface area contributed by atoms with Gasteiger partial charge in [-0.05, 0) is 35.9 Å². The van der Waals surface area contributed by atoms with Crippen molar-refractivity contribution in [2.24, 2.45) is 0 Å². The van der Waals surface area contributed by atoms with Gasteiger partial charge in [-0.15, -0.1) is 0 Å². The predicted octanol–water partition coefficient (Wildman–Crippen LogP) is 4.01. The second kappa shape index (κ2) is 9.14. The quantitative estimate of drug-likeness (QED) is 0.208. The molecule has 3 rings (SSSR count). The first-order chi connectivity index (χ1) is 14.7. The smallest absolute Gasteiger partial charge is 0.338 e. The molecule has 9 nitrogen and oxygen atoms in total. The van der Waals surface area contributed by atoms with Crippen LogP contribution in [0.1, 0.15) is 15.9 Å². The highest BCUT2D eigenvalue weighted by molar-refractivity contribution is 8.26. The van der Waals surface area contributed by atoms with Crippen molar-refractivity contribution in [3.8, 4) is 17.2 Å². The molecule has 0 spiro atoms. The molecule has 1 heterocycles. The normalized spacial score (nSPS) is 14.7. The van der Waals surface area contributed by atoms with Gasteiger partial charge in [0.2, 0.25) is 5.75 Å². The molecule has 0 aliphatic carbocycles. The molecule has 1 fully saturated rings. The lowest BCUT2D eigenvalue weighted by atomic mass is 10.1. The van der Waals surface area contributed by atoms with Crippen LogP contribution in [-0.2, 0) is 9.53 Å². The molecule has 1 aliphatic rings. The summed E-state index contributed by atoms with van der Waals surface area (Å²) in [6.07, 6.45) is 1.67. The molecule has 1 saturated heterocycles. The van der Waals surface area contributed by atoms with Crippen LogP contribution < -0.4 is 9.47 Å². The van der Waals surface area contributed by atoms with E-state index in [1.807, 2.05) is 0 Å². The molecule has 0 radical (unpaired) electrons. The molecule has 160 valence electrons. The van der Waals surface area contributed by atoms with Gasteiger partial charge in [0.15, 0.2) is 11.5 Å². The number of hydrogen-bond acceptors (Lipinski definition) is 9. The summed E-state index contributed by atoms with van der Waals surface area (Å²) < 4.78 is 16.1. The number of benzene rings is 2. The summed E-state index contributed by atoms with van der Waals surface area (Å²) in [5.41, 5.74) is 0.284. The van der Waals surface area contributed by atoms with Crippen molar-refractivity contribution in [2.45, 2.75) is 0 Å². The molecule has 0 saturated carbocycles. The Morgan fingerprint density at radius 2 is 1.87 bits per heavy atom. The van der Waals surface area contributed by atoms with Gasteiger partial charge in [0.1, 0.15) is 4.32 Å². The fourth-order valence-electron chi connectivity index (χ4n) is 2.66. The van der Waals surface area contributed by atoms with E-state index in [9.17, 15) is 19.7 Å². The van der Waals surface area contributed by atoms with Gasteiger partial charge in [-0.3, -0.25) is 19.8 Å². The van der Waals surface area contributed by atoms with Crippen LogP contribution in [0.5, 0.6) is 17.2 Å². The molecule has 1 aliphatic heterocycles. The number of ether oxygens (including phenoxy) is 3. The minimum Gasteiger partial charge on any atom is -0.493 e. The summed E-state index contributed by atoms with van der Waals surface area (Å²) in [5, 5.41) is 11.4. The second-order valence-corrected chi connectivity index (χ2v) is 7.86. The highest BCUT2D eigenvalue weighted by Crippen LogP contribution is 2.38. The number of thioether (sulfide) groups is 1. The Kier molecular flexibility index (Phi) is 6.56. The van der Waals surface area contributed by atoms with E-state index in [2.05, 4.69) is 4.74 Å². The average Bonchev–Trinajstić information content (AvgIpc) is 3.00. The van der Waals surface area contributed by atoms with Gasteiger partial charge in [-0.2, -0.15) is 0 Å². The predicted molar refractivity (Wildman–Crippen MR) is 118 cm³/mol. The molecule has 11 heteroatoms. The number of nitro benzene ring substituents is 1. The number of carbonyl (C=O) groups is 2. The monoisotopic (exact) mass is 460 g/mol. The summed E-state index contributed by atoms with van der Waals surface area (Å²) >= 11 is 6.31. The Hall–Kier alpha value is -3.44. The van der Waals surface area contributed by atoms with Crippen LogP contribution in [0.15, 0.2) is 41.3 Å². The van der Waals surface area contributed by atoms with Crippen molar-refractivity contribution in [2.75, 3.05) is 21.3 Å². The minimum absolute atomic E-state index is 0.0251. The third-order valence-corrected chi connectivity index (χ3v) is 5.75. The third-order valence-electron chi connectivity index (χ3n) is 4.27. The average molecular weight is 460 g/mol. The van der Waals surface area contributed by atoms with E-state index in [0.717, 1.165) is 6.07 Å². The Morgan fingerprint density at radius 1 is 1.16 bits per heavy atom. The van der Waals surface area contributed by atoms with Gasteiger partial charge >= 0.3 is 11.7 Å². The van der Waals surface area contributed by atoms with E-state index in [1.165, 1.54) is 43.0 Å². The third kappa shape index (κ3) is 4.67. The first-order valence-electron chi connectivity index (χ1n) is 8.69. The lowest BCUT2D eigenvalue weighted by Gasteiger charge is -2.12. The Morgan fingerprint density at radius 3 is 2.45 bits per heavy atom. The molecule has 0 aromatic heterocycles. The number of nitrogens with zero attached hydrogens (tertiary/aromatic N) is 2. The zero-order valence-electron chi connectivity index (χ0n) is 16.6. The van der Waals surface area contributed by atoms with Crippen molar-refractivity contribution in [3.05, 3.63) is 62.5 Å². The Labute approximate surface area is 186 Å². The van der Waals surface area contributed by atoms with Crippen LogP contribution in [0.4, 0.5) is 5.69 Å². The summed E-state index contributed by atoms with van der Waals surface area (Å²) in [6, 6.07) is 8.62. The van der Waals surface area contributed by atoms with E-state index >= 15 is 0 Å². The van der Waals surface area contributed by atoms with Crippen LogP contribution >= 0.6 is 24.0 Å². The number of nitro groups is 1. The van der Waals surface area contributed by atoms with Gasteiger partial charge in [-0.1, -0.05) is 30.0 Å². The summed E-state index contributed by atoms with van der Waals surface area (Å²) in [7, 11) is 4.21. The van der Waals surface area contributed by atoms with Crippen LogP contribution in [0.2, 0.25) is 0 Å². The molecule has 2 aromatic rings.